The van der Waals surface area contributed by atoms with Crippen LogP contribution in [0.5, 0.6) is 0 Å². The molecule has 1 heterocycles. The van der Waals surface area contributed by atoms with Gasteiger partial charge >= 0.3 is 5.97 Å². The molecule has 0 saturated carbocycles. The summed E-state index contributed by atoms with van der Waals surface area (Å²) in [5, 5.41) is 10.4. The van der Waals surface area contributed by atoms with Gasteiger partial charge in [0, 0.05) is 11.6 Å². The van der Waals surface area contributed by atoms with E-state index in [1.807, 2.05) is 0 Å². The Morgan fingerprint density at radius 3 is 2.67 bits per heavy atom. The maximum Gasteiger partial charge on any atom is 0.307 e. The highest BCUT2D eigenvalue weighted by atomic mass is 35.5. The van der Waals surface area contributed by atoms with Gasteiger partial charge < -0.3 is 10.1 Å². The Morgan fingerprint density at radius 2 is 2.00 bits per heavy atom. The quantitative estimate of drug-likeness (QED) is 0.852. The van der Waals surface area contributed by atoms with Crippen molar-refractivity contribution in [2.75, 3.05) is 0 Å². The molecule has 0 saturated heterocycles. The number of benzene rings is 1. The molecule has 0 fully saturated rings. The molecule has 3 nitrogen and oxygen atoms in total. The van der Waals surface area contributed by atoms with Crippen LogP contribution in [-0.4, -0.2) is 16.1 Å². The van der Waals surface area contributed by atoms with E-state index in [9.17, 15) is 4.79 Å². The van der Waals surface area contributed by atoms with Crippen LogP contribution in [0.1, 0.15) is 5.56 Å². The third kappa shape index (κ3) is 1.80. The fourth-order valence-electron chi connectivity index (χ4n) is 1.54. The summed E-state index contributed by atoms with van der Waals surface area (Å²) in [5.41, 5.74) is 1.32. The second kappa shape index (κ2) is 3.76. The molecule has 15 heavy (non-hydrogen) atoms. The van der Waals surface area contributed by atoms with E-state index >= 15 is 0 Å². The monoisotopic (exact) mass is 243 g/mol. The molecular formula is C10H7Cl2NO2. The molecule has 0 spiro atoms. The van der Waals surface area contributed by atoms with Gasteiger partial charge in [0.15, 0.2) is 0 Å². The van der Waals surface area contributed by atoms with E-state index in [2.05, 4.69) is 4.98 Å². The van der Waals surface area contributed by atoms with Crippen LogP contribution in [0.25, 0.3) is 10.9 Å². The summed E-state index contributed by atoms with van der Waals surface area (Å²) in [7, 11) is 0. The minimum Gasteiger partial charge on any atom is -0.481 e. The Balaban J connectivity index is 2.67. The van der Waals surface area contributed by atoms with Crippen LogP contribution in [0.15, 0.2) is 18.3 Å². The number of H-pyrrole nitrogens is 1. The zero-order valence-electron chi connectivity index (χ0n) is 7.55. The fraction of sp³-hybridized carbons (Fsp3) is 0.100. The number of nitrogens with one attached hydrogen (secondary N) is 1. The number of rotatable bonds is 2. The van der Waals surface area contributed by atoms with Gasteiger partial charge in [-0.2, -0.15) is 0 Å². The SMILES string of the molecule is O=C(O)Cc1c[nH]c2c(Cl)ccc(Cl)c12. The maximum absolute atomic E-state index is 10.6. The van der Waals surface area contributed by atoms with Crippen LogP contribution >= 0.6 is 23.2 Å². The largest absolute Gasteiger partial charge is 0.481 e. The van der Waals surface area contributed by atoms with E-state index in [0.29, 0.717) is 26.5 Å². The van der Waals surface area contributed by atoms with Gasteiger partial charge in [0.2, 0.25) is 0 Å². The molecule has 0 aliphatic heterocycles. The third-order valence-corrected chi connectivity index (χ3v) is 2.79. The first-order chi connectivity index (χ1) is 7.09. The lowest BCUT2D eigenvalue weighted by Crippen LogP contribution is -1.98. The summed E-state index contributed by atoms with van der Waals surface area (Å²) >= 11 is 11.9. The molecule has 5 heteroatoms. The predicted octanol–water partition coefficient (Wildman–Crippen LogP) is 3.10. The summed E-state index contributed by atoms with van der Waals surface area (Å²) in [4.78, 5) is 13.5. The van der Waals surface area contributed by atoms with Crippen molar-refractivity contribution >= 4 is 40.1 Å². The lowest BCUT2D eigenvalue weighted by Gasteiger charge is -1.99. The number of hydrogen-bond donors (Lipinski definition) is 2. The molecule has 0 radical (unpaired) electrons. The predicted molar refractivity (Wildman–Crippen MR) is 59.7 cm³/mol. The van der Waals surface area contributed by atoms with Crippen molar-refractivity contribution < 1.29 is 9.90 Å². The highest BCUT2D eigenvalue weighted by molar-refractivity contribution is 6.40. The number of carbonyl (C=O) groups is 1. The average Bonchev–Trinajstić information content (AvgIpc) is 2.56. The first-order valence-electron chi connectivity index (χ1n) is 4.25. The summed E-state index contributed by atoms with van der Waals surface area (Å²) in [6.07, 6.45) is 1.55. The van der Waals surface area contributed by atoms with Gasteiger partial charge in [-0.05, 0) is 17.7 Å². The van der Waals surface area contributed by atoms with E-state index in [-0.39, 0.29) is 6.42 Å². The van der Waals surface area contributed by atoms with Crippen molar-refractivity contribution in [1.82, 2.24) is 4.98 Å². The number of hydrogen-bond acceptors (Lipinski definition) is 1. The van der Waals surface area contributed by atoms with Gasteiger partial charge in [0.25, 0.3) is 0 Å². The fourth-order valence-corrected chi connectivity index (χ4v) is 2.03. The molecule has 1 aromatic carbocycles. The molecule has 0 aliphatic carbocycles. The molecule has 0 unspecified atom stereocenters. The topological polar surface area (TPSA) is 53.1 Å². The lowest BCUT2D eigenvalue weighted by molar-refractivity contribution is -0.136. The van der Waals surface area contributed by atoms with E-state index in [1.165, 1.54) is 0 Å². The number of aromatic amines is 1. The lowest BCUT2D eigenvalue weighted by atomic mass is 10.1. The number of aromatic nitrogens is 1. The highest BCUT2D eigenvalue weighted by Crippen LogP contribution is 2.31. The maximum atomic E-state index is 10.6. The highest BCUT2D eigenvalue weighted by Gasteiger charge is 2.12. The van der Waals surface area contributed by atoms with E-state index in [1.54, 1.807) is 18.3 Å². The molecule has 78 valence electrons. The Hall–Kier alpha value is -1.19. The summed E-state index contributed by atoms with van der Waals surface area (Å²) in [5.74, 6) is -0.896. The second-order valence-electron chi connectivity index (χ2n) is 3.16. The smallest absolute Gasteiger partial charge is 0.307 e. The molecule has 0 aliphatic rings. The standard InChI is InChI=1S/C10H7Cl2NO2/c11-6-1-2-7(12)10-9(6)5(4-13-10)3-8(14)15/h1-2,4,13H,3H2,(H,14,15). The van der Waals surface area contributed by atoms with Crippen LogP contribution in [0.4, 0.5) is 0 Å². The van der Waals surface area contributed by atoms with E-state index in [0.717, 1.165) is 0 Å². The van der Waals surface area contributed by atoms with Gasteiger partial charge in [-0.1, -0.05) is 23.2 Å². The Morgan fingerprint density at radius 1 is 1.33 bits per heavy atom. The van der Waals surface area contributed by atoms with Crippen LogP contribution in [0.2, 0.25) is 10.0 Å². The van der Waals surface area contributed by atoms with Crippen molar-refractivity contribution in [1.29, 1.82) is 0 Å². The number of carboxylic acids is 1. The van der Waals surface area contributed by atoms with E-state index < -0.39 is 5.97 Å². The molecule has 2 rings (SSSR count). The number of halogens is 2. The zero-order valence-corrected chi connectivity index (χ0v) is 9.06. The van der Waals surface area contributed by atoms with Crippen LogP contribution in [-0.2, 0) is 11.2 Å². The Bertz CT molecular complexity index is 533. The molecule has 0 atom stereocenters. The van der Waals surface area contributed by atoms with Gasteiger partial charge in [-0.3, -0.25) is 4.79 Å². The first kappa shape index (κ1) is 10.3. The summed E-state index contributed by atoms with van der Waals surface area (Å²) in [6, 6.07) is 3.33. The van der Waals surface area contributed by atoms with E-state index in [4.69, 9.17) is 28.3 Å². The molecule has 0 bridgehead atoms. The minimum atomic E-state index is -0.896. The Labute approximate surface area is 95.6 Å². The molecule has 2 N–H and O–H groups in total. The number of fused-ring (bicyclic) bond motifs is 1. The van der Waals surface area contributed by atoms with Crippen molar-refractivity contribution in [2.24, 2.45) is 0 Å². The number of aliphatic carboxylic acids is 1. The molecular weight excluding hydrogens is 237 g/mol. The first-order valence-corrected chi connectivity index (χ1v) is 5.01. The molecule has 0 amide bonds. The van der Waals surface area contributed by atoms with Crippen LogP contribution < -0.4 is 0 Å². The second-order valence-corrected chi connectivity index (χ2v) is 3.98. The van der Waals surface area contributed by atoms with Gasteiger partial charge in [-0.25, -0.2) is 0 Å². The van der Waals surface area contributed by atoms with Crippen molar-refractivity contribution in [3.8, 4) is 0 Å². The van der Waals surface area contributed by atoms with Crippen LogP contribution in [0, 0.1) is 0 Å². The normalized spacial score (nSPS) is 10.8. The van der Waals surface area contributed by atoms with Crippen molar-refractivity contribution in [2.45, 2.75) is 6.42 Å². The molecule has 2 aromatic rings. The van der Waals surface area contributed by atoms with Crippen LogP contribution in [0.3, 0.4) is 0 Å². The van der Waals surface area contributed by atoms with Gasteiger partial charge in [0.1, 0.15) is 0 Å². The average molecular weight is 244 g/mol. The number of carboxylic acid groups (broad SMARTS) is 1. The summed E-state index contributed by atoms with van der Waals surface area (Å²) in [6.45, 7) is 0. The zero-order chi connectivity index (χ0) is 11.0. The minimum absolute atomic E-state index is 0.0694. The molecule has 1 aromatic heterocycles. The Kier molecular flexibility index (Phi) is 2.59. The van der Waals surface area contributed by atoms with Crippen molar-refractivity contribution in [3.05, 3.63) is 33.9 Å². The third-order valence-electron chi connectivity index (χ3n) is 2.16. The van der Waals surface area contributed by atoms with Crippen molar-refractivity contribution in [3.63, 3.8) is 0 Å². The van der Waals surface area contributed by atoms with Gasteiger partial charge in [-0.15, -0.1) is 0 Å². The summed E-state index contributed by atoms with van der Waals surface area (Å²) < 4.78 is 0. The van der Waals surface area contributed by atoms with Gasteiger partial charge in [0.05, 0.1) is 22.0 Å².